The van der Waals surface area contributed by atoms with Gasteiger partial charge in [-0.15, -0.1) is 11.3 Å². The number of ether oxygens (including phenoxy) is 1. The van der Waals surface area contributed by atoms with Crippen molar-refractivity contribution in [1.82, 2.24) is 24.8 Å². The van der Waals surface area contributed by atoms with Gasteiger partial charge < -0.3 is 25.4 Å². The molecule has 3 aromatic heterocycles. The molecule has 1 aliphatic rings. The summed E-state index contributed by atoms with van der Waals surface area (Å²) in [6.45, 7) is 3.74. The molecule has 3 N–H and O–H groups in total. The first kappa shape index (κ1) is 27.4. The highest BCUT2D eigenvalue weighted by molar-refractivity contribution is 7.07. The lowest BCUT2D eigenvalue weighted by molar-refractivity contribution is 0.132. The third kappa shape index (κ3) is 6.10. The largest absolute Gasteiger partial charge is 0.465 e. The van der Waals surface area contributed by atoms with Crippen LogP contribution in [0.5, 0.6) is 11.6 Å². The summed E-state index contributed by atoms with van der Waals surface area (Å²) < 4.78 is 6.56. The number of likely N-dealkylation sites (tertiary alicyclic amines) is 1. The molecule has 2 aromatic carbocycles. The van der Waals surface area contributed by atoms with Crippen LogP contribution < -0.4 is 15.4 Å². The molecule has 6 rings (SSSR count). The van der Waals surface area contributed by atoms with Crippen LogP contribution >= 0.6 is 11.3 Å². The van der Waals surface area contributed by atoms with E-state index in [9.17, 15) is 9.90 Å². The summed E-state index contributed by atoms with van der Waals surface area (Å²) in [6.07, 6.45) is 4.97. The van der Waals surface area contributed by atoms with Gasteiger partial charge in [0.1, 0.15) is 5.75 Å². The van der Waals surface area contributed by atoms with E-state index in [0.29, 0.717) is 30.6 Å². The van der Waals surface area contributed by atoms with Crippen LogP contribution in [-0.4, -0.2) is 61.7 Å². The molecule has 10 nitrogen and oxygen atoms in total. The van der Waals surface area contributed by atoms with Crippen molar-refractivity contribution >= 4 is 39.8 Å². The first-order valence-corrected chi connectivity index (χ1v) is 14.8. The molecule has 0 saturated carbocycles. The van der Waals surface area contributed by atoms with Crippen LogP contribution in [0.1, 0.15) is 24.1 Å². The lowest BCUT2D eigenvalue weighted by Crippen LogP contribution is -2.44. The summed E-state index contributed by atoms with van der Waals surface area (Å²) in [6, 6.07) is 15.9. The number of hydrogen-bond acceptors (Lipinski definition) is 9. The molecule has 1 atom stereocenters. The molecule has 5 aromatic rings. The Labute approximate surface area is 247 Å². The first-order chi connectivity index (χ1) is 20.5. The van der Waals surface area contributed by atoms with Gasteiger partial charge in [0.05, 0.1) is 22.5 Å². The van der Waals surface area contributed by atoms with E-state index in [2.05, 4.69) is 55.2 Å². The van der Waals surface area contributed by atoms with Gasteiger partial charge in [0, 0.05) is 66.3 Å². The van der Waals surface area contributed by atoms with E-state index in [1.54, 1.807) is 23.7 Å². The first-order valence-electron chi connectivity index (χ1n) is 13.9. The van der Waals surface area contributed by atoms with Crippen LogP contribution in [0.2, 0.25) is 0 Å². The molecule has 0 radical (unpaired) electrons. The number of fused-ring (bicyclic) bond motifs is 1. The number of anilines is 2. The number of nitrogens with one attached hydrogen (secondary N) is 2. The fraction of sp³-hybridized carbons (Fsp3) is 0.258. The number of aryl methyl sites for hydroxylation is 1. The number of benzene rings is 2. The fourth-order valence-electron chi connectivity index (χ4n) is 5.21. The Bertz CT molecular complexity index is 1700. The van der Waals surface area contributed by atoms with E-state index < -0.39 is 6.09 Å². The van der Waals surface area contributed by atoms with E-state index in [-0.39, 0.29) is 6.04 Å². The maximum Gasteiger partial charge on any atom is 0.407 e. The summed E-state index contributed by atoms with van der Waals surface area (Å²) in [5, 5.41) is 20.4. The van der Waals surface area contributed by atoms with Crippen molar-refractivity contribution in [3.05, 3.63) is 83.1 Å². The number of pyridine rings is 1. The van der Waals surface area contributed by atoms with E-state index in [1.807, 2.05) is 36.7 Å². The Morgan fingerprint density at radius 2 is 2.02 bits per heavy atom. The van der Waals surface area contributed by atoms with Crippen LogP contribution in [-0.2, 0) is 6.42 Å². The number of carboxylic acid groups (broad SMARTS) is 1. The van der Waals surface area contributed by atoms with Crippen molar-refractivity contribution in [2.75, 3.05) is 30.3 Å². The minimum Gasteiger partial charge on any atom is -0.465 e. The van der Waals surface area contributed by atoms with Crippen LogP contribution in [0.15, 0.2) is 71.8 Å². The Kier molecular flexibility index (Phi) is 8.09. The molecule has 11 heteroatoms. The summed E-state index contributed by atoms with van der Waals surface area (Å²) in [5.41, 5.74) is 6.35. The molecule has 1 fully saturated rings. The van der Waals surface area contributed by atoms with Crippen LogP contribution in [0, 0.1) is 6.92 Å². The molecule has 0 spiro atoms. The van der Waals surface area contributed by atoms with Crippen molar-refractivity contribution in [2.45, 2.75) is 32.2 Å². The number of nitrogens with zero attached hydrogens (tertiary/aromatic N) is 5. The molecule has 214 valence electrons. The smallest absolute Gasteiger partial charge is 0.407 e. The van der Waals surface area contributed by atoms with Crippen molar-refractivity contribution in [2.24, 2.45) is 0 Å². The number of hydrogen-bond donors (Lipinski definition) is 3. The molecule has 1 aliphatic heterocycles. The van der Waals surface area contributed by atoms with Gasteiger partial charge in [-0.3, -0.25) is 0 Å². The summed E-state index contributed by atoms with van der Waals surface area (Å²) in [5.74, 6) is 1.61. The molecule has 0 unspecified atom stereocenters. The van der Waals surface area contributed by atoms with Crippen molar-refractivity contribution < 1.29 is 14.6 Å². The number of rotatable bonds is 9. The van der Waals surface area contributed by atoms with E-state index in [4.69, 9.17) is 9.72 Å². The van der Waals surface area contributed by atoms with E-state index in [0.717, 1.165) is 64.8 Å². The highest BCUT2D eigenvalue weighted by Gasteiger charge is 2.24. The maximum absolute atomic E-state index is 11.4. The Balaban J connectivity index is 1.25. The second kappa shape index (κ2) is 12.4. The average molecular weight is 582 g/mol. The van der Waals surface area contributed by atoms with Gasteiger partial charge in [-0.25, -0.2) is 24.7 Å². The second-order valence-electron chi connectivity index (χ2n) is 10.2. The van der Waals surface area contributed by atoms with Gasteiger partial charge in [-0.05, 0) is 49.6 Å². The zero-order valence-corrected chi connectivity index (χ0v) is 24.0. The minimum atomic E-state index is -0.907. The summed E-state index contributed by atoms with van der Waals surface area (Å²) in [4.78, 5) is 30.9. The van der Waals surface area contributed by atoms with Gasteiger partial charge in [0.25, 0.3) is 0 Å². The van der Waals surface area contributed by atoms with E-state index in [1.165, 1.54) is 4.90 Å². The third-order valence-corrected chi connectivity index (χ3v) is 7.95. The van der Waals surface area contributed by atoms with Crippen LogP contribution in [0.4, 0.5) is 16.4 Å². The minimum absolute atomic E-state index is 0.0580. The van der Waals surface area contributed by atoms with Crippen molar-refractivity contribution in [1.29, 1.82) is 0 Å². The molecular weight excluding hydrogens is 550 g/mol. The van der Waals surface area contributed by atoms with Crippen LogP contribution in [0.25, 0.3) is 22.0 Å². The quantitative estimate of drug-likeness (QED) is 0.180. The molecule has 4 heterocycles. The maximum atomic E-state index is 11.4. The molecule has 1 amide bonds. The number of thiazole rings is 1. The molecule has 0 bridgehead atoms. The zero-order chi connectivity index (χ0) is 28.9. The lowest BCUT2D eigenvalue weighted by Gasteiger charge is -2.31. The summed E-state index contributed by atoms with van der Waals surface area (Å²) >= 11 is 1.61. The van der Waals surface area contributed by atoms with Gasteiger partial charge in [0.2, 0.25) is 11.8 Å². The normalized spacial score (nSPS) is 15.0. The Morgan fingerprint density at radius 3 is 2.88 bits per heavy atom. The molecule has 0 aliphatic carbocycles. The number of carbonyl (C=O) groups is 1. The van der Waals surface area contributed by atoms with Crippen molar-refractivity contribution in [3.8, 4) is 22.9 Å². The molecule has 1 saturated heterocycles. The SMILES string of the molecule is Cc1ccc2c(NCCc3cscn3)cccc2c1Oc1ncccc1-c1ccnc(N[C@H]2CCCN(C(=O)O)C2)n1. The third-order valence-electron chi connectivity index (χ3n) is 7.32. The molecular formula is C31H31N7O3S. The van der Waals surface area contributed by atoms with Crippen LogP contribution in [0.3, 0.4) is 0 Å². The number of amides is 1. The number of piperidine rings is 1. The monoisotopic (exact) mass is 581 g/mol. The molecule has 42 heavy (non-hydrogen) atoms. The van der Waals surface area contributed by atoms with Gasteiger partial charge >= 0.3 is 6.09 Å². The fourth-order valence-corrected chi connectivity index (χ4v) is 5.80. The Hall–Kier alpha value is -4.77. The topological polar surface area (TPSA) is 125 Å². The highest BCUT2D eigenvalue weighted by atomic mass is 32.1. The van der Waals surface area contributed by atoms with Gasteiger partial charge in [-0.2, -0.15) is 0 Å². The number of aromatic nitrogens is 4. The van der Waals surface area contributed by atoms with Gasteiger partial charge in [-0.1, -0.05) is 24.3 Å². The zero-order valence-electron chi connectivity index (χ0n) is 23.2. The second-order valence-corrected chi connectivity index (χ2v) is 10.9. The summed E-state index contributed by atoms with van der Waals surface area (Å²) in [7, 11) is 0. The standard InChI is InChI=1S/C31H31N7O3S/c1-20-9-10-23-24(6-2-8-26(23)32-14-11-22-18-42-19-35-22)28(20)41-29-25(7-3-13-33-29)27-12-15-34-30(37-27)36-21-5-4-16-38(17-21)31(39)40/h2-3,6-10,12-13,15,18-19,21,32H,4-5,11,14,16-17H2,1H3,(H,39,40)(H,34,36,37)/t21-/m0/s1. The van der Waals surface area contributed by atoms with Gasteiger partial charge in [0.15, 0.2) is 0 Å². The predicted octanol–water partition coefficient (Wildman–Crippen LogP) is 6.46. The lowest BCUT2D eigenvalue weighted by atomic mass is 10.0. The van der Waals surface area contributed by atoms with Crippen molar-refractivity contribution in [3.63, 3.8) is 0 Å². The average Bonchev–Trinajstić information content (AvgIpc) is 3.53. The highest BCUT2D eigenvalue weighted by Crippen LogP contribution is 2.38. The Morgan fingerprint density at radius 1 is 1.10 bits per heavy atom. The predicted molar refractivity (Wildman–Crippen MR) is 165 cm³/mol. The van der Waals surface area contributed by atoms with E-state index >= 15 is 0 Å².